The molecular weight excluding hydrogens is 280 g/mol. The predicted octanol–water partition coefficient (Wildman–Crippen LogP) is 3.91. The molecule has 2 rings (SSSR count). The van der Waals surface area contributed by atoms with Crippen LogP contribution < -0.4 is 5.32 Å². The number of nitriles is 1. The molecule has 1 heterocycles. The van der Waals surface area contributed by atoms with Gasteiger partial charge in [0.1, 0.15) is 5.76 Å². The van der Waals surface area contributed by atoms with Crippen LogP contribution in [-0.2, 0) is 4.74 Å². The summed E-state index contributed by atoms with van der Waals surface area (Å²) >= 11 is 0. The van der Waals surface area contributed by atoms with Crippen LogP contribution in [0, 0.1) is 11.3 Å². The van der Waals surface area contributed by atoms with E-state index in [1.54, 1.807) is 36.4 Å². The highest BCUT2D eigenvalue weighted by Crippen LogP contribution is 2.20. The fourth-order valence-corrected chi connectivity index (χ4v) is 1.88. The zero-order valence-corrected chi connectivity index (χ0v) is 12.4. The van der Waals surface area contributed by atoms with Gasteiger partial charge in [0.15, 0.2) is 6.04 Å². The molecule has 5 heteroatoms. The SMILES string of the molecule is CCCCOC(=O)c1ccc(NC(C#N)c2ccco2)cc1. The maximum absolute atomic E-state index is 11.8. The molecule has 1 atom stereocenters. The number of benzene rings is 1. The van der Waals surface area contributed by atoms with Crippen LogP contribution in [-0.4, -0.2) is 12.6 Å². The Morgan fingerprint density at radius 2 is 2.14 bits per heavy atom. The number of nitrogens with zero attached hydrogens (tertiary/aromatic N) is 1. The van der Waals surface area contributed by atoms with Crippen LogP contribution in [0.3, 0.4) is 0 Å². The normalized spacial score (nSPS) is 11.5. The van der Waals surface area contributed by atoms with Crippen molar-refractivity contribution in [1.82, 2.24) is 0 Å². The Kier molecular flexibility index (Phi) is 5.61. The van der Waals surface area contributed by atoms with Gasteiger partial charge in [-0.3, -0.25) is 0 Å². The number of furan rings is 1. The van der Waals surface area contributed by atoms with Gasteiger partial charge in [0.25, 0.3) is 0 Å². The summed E-state index contributed by atoms with van der Waals surface area (Å²) in [6.45, 7) is 2.48. The summed E-state index contributed by atoms with van der Waals surface area (Å²) in [5.74, 6) is 0.216. The lowest BCUT2D eigenvalue weighted by molar-refractivity contribution is 0.0500. The quantitative estimate of drug-likeness (QED) is 0.619. The van der Waals surface area contributed by atoms with Crippen molar-refractivity contribution in [1.29, 1.82) is 5.26 Å². The third-order valence-electron chi connectivity index (χ3n) is 3.12. The highest BCUT2D eigenvalue weighted by atomic mass is 16.5. The number of anilines is 1. The van der Waals surface area contributed by atoms with E-state index in [-0.39, 0.29) is 5.97 Å². The fourth-order valence-electron chi connectivity index (χ4n) is 1.88. The van der Waals surface area contributed by atoms with Crippen LogP contribution in [0.25, 0.3) is 0 Å². The summed E-state index contributed by atoms with van der Waals surface area (Å²) in [6.07, 6.45) is 3.37. The number of unbranched alkanes of at least 4 members (excludes halogenated alkanes) is 1. The maximum atomic E-state index is 11.8. The number of rotatable bonds is 7. The molecule has 22 heavy (non-hydrogen) atoms. The van der Waals surface area contributed by atoms with E-state index in [0.717, 1.165) is 18.5 Å². The molecule has 0 fully saturated rings. The van der Waals surface area contributed by atoms with Crippen molar-refractivity contribution in [2.75, 3.05) is 11.9 Å². The summed E-state index contributed by atoms with van der Waals surface area (Å²) in [6, 6.07) is 11.9. The Labute approximate surface area is 129 Å². The smallest absolute Gasteiger partial charge is 0.338 e. The minimum atomic E-state index is -0.572. The van der Waals surface area contributed by atoms with E-state index in [1.165, 1.54) is 6.26 Å². The van der Waals surface area contributed by atoms with Crippen molar-refractivity contribution in [2.24, 2.45) is 0 Å². The van der Waals surface area contributed by atoms with Crippen molar-refractivity contribution >= 4 is 11.7 Å². The predicted molar refractivity (Wildman–Crippen MR) is 82.3 cm³/mol. The number of esters is 1. The summed E-state index contributed by atoms with van der Waals surface area (Å²) in [5.41, 5.74) is 1.22. The first-order chi connectivity index (χ1) is 10.7. The van der Waals surface area contributed by atoms with Gasteiger partial charge >= 0.3 is 5.97 Å². The average Bonchev–Trinajstić information content (AvgIpc) is 3.07. The van der Waals surface area contributed by atoms with Crippen molar-refractivity contribution < 1.29 is 13.9 Å². The molecule has 0 aliphatic carbocycles. The van der Waals surface area contributed by atoms with Gasteiger partial charge in [-0.1, -0.05) is 13.3 Å². The largest absolute Gasteiger partial charge is 0.466 e. The molecule has 1 unspecified atom stereocenters. The van der Waals surface area contributed by atoms with Gasteiger partial charge in [0, 0.05) is 5.69 Å². The van der Waals surface area contributed by atoms with Crippen LogP contribution in [0.15, 0.2) is 47.1 Å². The molecular formula is C17H18N2O3. The third-order valence-corrected chi connectivity index (χ3v) is 3.12. The van der Waals surface area contributed by atoms with Gasteiger partial charge in [-0.2, -0.15) is 5.26 Å². The molecule has 114 valence electrons. The molecule has 1 N–H and O–H groups in total. The zero-order valence-electron chi connectivity index (χ0n) is 12.4. The Morgan fingerprint density at radius 1 is 1.36 bits per heavy atom. The molecule has 0 aliphatic rings. The lowest BCUT2D eigenvalue weighted by atomic mass is 10.2. The molecule has 0 radical (unpaired) electrons. The number of carbonyl (C=O) groups excluding carboxylic acids is 1. The first-order valence-electron chi connectivity index (χ1n) is 7.21. The van der Waals surface area contributed by atoms with Crippen LogP contribution in [0.4, 0.5) is 5.69 Å². The molecule has 5 nitrogen and oxygen atoms in total. The minimum absolute atomic E-state index is 0.331. The second kappa shape index (κ2) is 7.89. The molecule has 0 saturated heterocycles. The van der Waals surface area contributed by atoms with Crippen molar-refractivity contribution in [3.05, 3.63) is 54.0 Å². The number of nitrogens with one attached hydrogen (secondary N) is 1. The number of ether oxygens (including phenoxy) is 1. The second-order valence-electron chi connectivity index (χ2n) is 4.79. The molecule has 2 aromatic rings. The van der Waals surface area contributed by atoms with Gasteiger partial charge in [-0.15, -0.1) is 0 Å². The van der Waals surface area contributed by atoms with E-state index in [0.29, 0.717) is 17.9 Å². The molecule has 0 bridgehead atoms. The van der Waals surface area contributed by atoms with E-state index in [9.17, 15) is 10.1 Å². The van der Waals surface area contributed by atoms with Crippen LogP contribution in [0.1, 0.15) is 41.9 Å². The van der Waals surface area contributed by atoms with E-state index in [2.05, 4.69) is 11.4 Å². The molecule has 0 spiro atoms. The Bertz CT molecular complexity index is 627. The molecule has 0 aliphatic heterocycles. The second-order valence-corrected chi connectivity index (χ2v) is 4.79. The Balaban J connectivity index is 1.97. The molecule has 0 saturated carbocycles. The van der Waals surface area contributed by atoms with Gasteiger partial charge in [-0.05, 0) is 42.8 Å². The molecule has 1 aromatic carbocycles. The van der Waals surface area contributed by atoms with Crippen LogP contribution in [0.2, 0.25) is 0 Å². The van der Waals surface area contributed by atoms with Gasteiger partial charge < -0.3 is 14.5 Å². The van der Waals surface area contributed by atoms with E-state index in [4.69, 9.17) is 9.15 Å². The summed E-state index contributed by atoms with van der Waals surface area (Å²) in [7, 11) is 0. The van der Waals surface area contributed by atoms with Crippen molar-refractivity contribution in [3.63, 3.8) is 0 Å². The highest BCUT2D eigenvalue weighted by molar-refractivity contribution is 5.89. The lowest BCUT2D eigenvalue weighted by Crippen LogP contribution is -2.09. The van der Waals surface area contributed by atoms with Gasteiger partial charge in [-0.25, -0.2) is 4.79 Å². The summed E-state index contributed by atoms with van der Waals surface area (Å²) < 4.78 is 10.4. The Morgan fingerprint density at radius 3 is 2.73 bits per heavy atom. The minimum Gasteiger partial charge on any atom is -0.466 e. The molecule has 1 aromatic heterocycles. The van der Waals surface area contributed by atoms with Crippen molar-refractivity contribution in [3.8, 4) is 6.07 Å². The standard InChI is InChI=1S/C17H18N2O3/c1-2-3-10-22-17(20)13-6-8-14(9-7-13)19-15(12-18)16-5-4-11-21-16/h4-9,11,15,19H,2-3,10H2,1H3. The number of hydrogen-bond donors (Lipinski definition) is 1. The maximum Gasteiger partial charge on any atom is 0.338 e. The highest BCUT2D eigenvalue weighted by Gasteiger charge is 2.13. The monoisotopic (exact) mass is 298 g/mol. The zero-order chi connectivity index (χ0) is 15.8. The Hall–Kier alpha value is -2.74. The summed E-state index contributed by atoms with van der Waals surface area (Å²) in [4.78, 5) is 11.8. The number of carbonyl (C=O) groups is 1. The first kappa shape index (κ1) is 15.6. The molecule has 0 amide bonds. The fraction of sp³-hybridized carbons (Fsp3) is 0.294. The topological polar surface area (TPSA) is 75.3 Å². The first-order valence-corrected chi connectivity index (χ1v) is 7.21. The van der Waals surface area contributed by atoms with Crippen LogP contribution in [0.5, 0.6) is 0 Å². The van der Waals surface area contributed by atoms with E-state index in [1.807, 2.05) is 6.92 Å². The van der Waals surface area contributed by atoms with Gasteiger partial charge in [0.05, 0.1) is 24.5 Å². The van der Waals surface area contributed by atoms with Crippen molar-refractivity contribution in [2.45, 2.75) is 25.8 Å². The number of hydrogen-bond acceptors (Lipinski definition) is 5. The van der Waals surface area contributed by atoms with Gasteiger partial charge in [0.2, 0.25) is 0 Å². The lowest BCUT2D eigenvalue weighted by Gasteiger charge is -2.11. The van der Waals surface area contributed by atoms with E-state index < -0.39 is 6.04 Å². The average molecular weight is 298 g/mol. The van der Waals surface area contributed by atoms with Crippen LogP contribution >= 0.6 is 0 Å². The summed E-state index contributed by atoms with van der Waals surface area (Å²) in [5, 5.41) is 12.2. The third kappa shape index (κ3) is 4.13. The van der Waals surface area contributed by atoms with E-state index >= 15 is 0 Å².